The van der Waals surface area contributed by atoms with Crippen molar-refractivity contribution in [3.05, 3.63) is 71.4 Å². The van der Waals surface area contributed by atoms with Crippen molar-refractivity contribution in [2.24, 2.45) is 0 Å². The van der Waals surface area contributed by atoms with Crippen LogP contribution < -0.4 is 0 Å². The molecule has 0 unspecified atom stereocenters. The molecule has 0 N–H and O–H groups in total. The number of halogens is 3. The summed E-state index contributed by atoms with van der Waals surface area (Å²) in [4.78, 5) is 13.9. The minimum atomic E-state index is -2.62. The van der Waals surface area contributed by atoms with E-state index < -0.39 is 18.9 Å². The van der Waals surface area contributed by atoms with Crippen LogP contribution in [0.5, 0.6) is 0 Å². The molecule has 5 nitrogen and oxygen atoms in total. The van der Waals surface area contributed by atoms with Gasteiger partial charge in [0.05, 0.1) is 31.0 Å². The number of carbonyl (C=O) groups is 1. The molecule has 8 heteroatoms. The van der Waals surface area contributed by atoms with Crippen molar-refractivity contribution in [1.82, 2.24) is 14.7 Å². The lowest BCUT2D eigenvalue weighted by atomic mass is 10.1. The van der Waals surface area contributed by atoms with Crippen LogP contribution in [-0.2, 0) is 16.0 Å². The van der Waals surface area contributed by atoms with Gasteiger partial charge < -0.3 is 9.64 Å². The molecule has 0 atom stereocenters. The van der Waals surface area contributed by atoms with Crippen molar-refractivity contribution in [2.45, 2.75) is 12.8 Å². The molecule has 158 valence electrons. The fraction of sp³-hybridized carbons (Fsp3) is 0.273. The minimum absolute atomic E-state index is 0.0543. The third-order valence-electron chi connectivity index (χ3n) is 4.55. The zero-order valence-electron chi connectivity index (χ0n) is 16.5. The van der Waals surface area contributed by atoms with Crippen LogP contribution in [-0.4, -0.2) is 53.8 Å². The summed E-state index contributed by atoms with van der Waals surface area (Å²) in [5.41, 5.74) is 2.86. The van der Waals surface area contributed by atoms with E-state index in [9.17, 15) is 13.6 Å². The molecule has 2 aromatic carbocycles. The summed E-state index contributed by atoms with van der Waals surface area (Å²) in [6.07, 6.45) is -0.913. The standard InChI is InChI=1S/C22H22ClF2N3O2/c1-30-12-11-27(15-20(24)25)21(29)13-17-14-28(19-5-3-2-4-6-19)26-22(17)16-7-9-18(23)10-8-16/h2-10,14,20H,11-13,15H2,1H3. The highest BCUT2D eigenvalue weighted by Gasteiger charge is 2.22. The average molecular weight is 434 g/mol. The molecular weight excluding hydrogens is 412 g/mol. The first-order valence-electron chi connectivity index (χ1n) is 9.42. The molecule has 3 aromatic rings. The molecule has 0 saturated carbocycles. The zero-order chi connectivity index (χ0) is 21.5. The number of amides is 1. The molecule has 0 spiro atoms. The monoisotopic (exact) mass is 433 g/mol. The number of alkyl halides is 2. The van der Waals surface area contributed by atoms with Crippen LogP contribution in [0.15, 0.2) is 60.8 Å². The van der Waals surface area contributed by atoms with Gasteiger partial charge in [-0.1, -0.05) is 41.9 Å². The fourth-order valence-electron chi connectivity index (χ4n) is 3.06. The number of rotatable bonds is 9. The number of para-hydroxylation sites is 1. The van der Waals surface area contributed by atoms with Crippen LogP contribution >= 0.6 is 11.6 Å². The van der Waals surface area contributed by atoms with E-state index in [1.165, 1.54) is 7.11 Å². The van der Waals surface area contributed by atoms with E-state index in [1.54, 1.807) is 23.0 Å². The average Bonchev–Trinajstić information content (AvgIpc) is 3.15. The lowest BCUT2D eigenvalue weighted by Crippen LogP contribution is -2.38. The van der Waals surface area contributed by atoms with Crippen LogP contribution in [0.25, 0.3) is 16.9 Å². The molecule has 0 radical (unpaired) electrons. The highest BCUT2D eigenvalue weighted by molar-refractivity contribution is 6.30. The summed E-state index contributed by atoms with van der Waals surface area (Å²) >= 11 is 5.99. The Balaban J connectivity index is 1.94. The molecule has 30 heavy (non-hydrogen) atoms. The maximum Gasteiger partial charge on any atom is 0.255 e. The number of carbonyl (C=O) groups excluding carboxylic acids is 1. The third kappa shape index (κ3) is 5.64. The Hall–Kier alpha value is -2.77. The van der Waals surface area contributed by atoms with Gasteiger partial charge in [0.15, 0.2) is 0 Å². The summed E-state index contributed by atoms with van der Waals surface area (Å²) < 4.78 is 32.5. The molecule has 0 aliphatic rings. The molecule has 0 aliphatic heterocycles. The molecule has 1 amide bonds. The first kappa shape index (κ1) is 21.9. The van der Waals surface area contributed by atoms with Crippen molar-refractivity contribution in [2.75, 3.05) is 26.8 Å². The van der Waals surface area contributed by atoms with Crippen LogP contribution in [0, 0.1) is 0 Å². The summed E-state index contributed by atoms with van der Waals surface area (Å²) in [6, 6.07) is 16.6. The second-order valence-corrected chi connectivity index (χ2v) is 7.13. The normalized spacial score (nSPS) is 11.1. The smallest absolute Gasteiger partial charge is 0.255 e. The topological polar surface area (TPSA) is 47.4 Å². The summed E-state index contributed by atoms with van der Waals surface area (Å²) in [7, 11) is 1.47. The quantitative estimate of drug-likeness (QED) is 0.500. The predicted molar refractivity (Wildman–Crippen MR) is 112 cm³/mol. The number of hydrogen-bond donors (Lipinski definition) is 0. The number of benzene rings is 2. The van der Waals surface area contributed by atoms with Gasteiger partial charge >= 0.3 is 0 Å². The van der Waals surface area contributed by atoms with Crippen molar-refractivity contribution < 1.29 is 18.3 Å². The Bertz CT molecular complexity index is 962. The van der Waals surface area contributed by atoms with Crippen molar-refractivity contribution in [1.29, 1.82) is 0 Å². The highest BCUT2D eigenvalue weighted by atomic mass is 35.5. The van der Waals surface area contributed by atoms with Crippen LogP contribution in [0.4, 0.5) is 8.78 Å². The predicted octanol–water partition coefficient (Wildman–Crippen LogP) is 4.48. The van der Waals surface area contributed by atoms with Crippen molar-refractivity contribution in [3.63, 3.8) is 0 Å². The van der Waals surface area contributed by atoms with E-state index in [-0.39, 0.29) is 19.6 Å². The maximum absolute atomic E-state index is 13.0. The van der Waals surface area contributed by atoms with Gasteiger partial charge in [-0.15, -0.1) is 0 Å². The number of nitrogens with zero attached hydrogens (tertiary/aromatic N) is 3. The second kappa shape index (κ2) is 10.3. The molecule has 0 fully saturated rings. The summed E-state index contributed by atoms with van der Waals surface area (Å²) in [5, 5.41) is 5.23. The zero-order valence-corrected chi connectivity index (χ0v) is 17.2. The van der Waals surface area contributed by atoms with Gasteiger partial charge in [-0.2, -0.15) is 5.10 Å². The summed E-state index contributed by atoms with van der Waals surface area (Å²) in [5.74, 6) is -0.407. The van der Waals surface area contributed by atoms with E-state index in [4.69, 9.17) is 16.3 Å². The van der Waals surface area contributed by atoms with E-state index >= 15 is 0 Å². The molecule has 3 rings (SSSR count). The maximum atomic E-state index is 13.0. The van der Waals surface area contributed by atoms with E-state index in [1.807, 2.05) is 42.5 Å². The van der Waals surface area contributed by atoms with E-state index in [0.717, 1.165) is 16.2 Å². The van der Waals surface area contributed by atoms with Gasteiger partial charge in [-0.25, -0.2) is 13.5 Å². The van der Waals surface area contributed by atoms with Gasteiger partial charge in [-0.3, -0.25) is 4.79 Å². The van der Waals surface area contributed by atoms with Gasteiger partial charge in [0.1, 0.15) is 0 Å². The number of methoxy groups -OCH3 is 1. The Morgan fingerprint density at radius 2 is 1.87 bits per heavy atom. The largest absolute Gasteiger partial charge is 0.383 e. The van der Waals surface area contributed by atoms with Gasteiger partial charge in [-0.05, 0) is 24.3 Å². The van der Waals surface area contributed by atoms with Crippen LogP contribution in [0.3, 0.4) is 0 Å². The second-order valence-electron chi connectivity index (χ2n) is 6.69. The highest BCUT2D eigenvalue weighted by Crippen LogP contribution is 2.26. The number of aromatic nitrogens is 2. The molecule has 0 bridgehead atoms. The molecule has 0 aliphatic carbocycles. The lowest BCUT2D eigenvalue weighted by molar-refractivity contribution is -0.133. The Morgan fingerprint density at radius 3 is 2.50 bits per heavy atom. The Labute approximate surface area is 178 Å². The van der Waals surface area contributed by atoms with Crippen LogP contribution in [0.1, 0.15) is 5.56 Å². The SMILES string of the molecule is COCCN(CC(F)F)C(=O)Cc1cn(-c2ccccc2)nc1-c1ccc(Cl)cc1. The fourth-order valence-corrected chi connectivity index (χ4v) is 3.19. The van der Waals surface area contributed by atoms with Gasteiger partial charge in [0, 0.05) is 36.0 Å². The number of ether oxygens (including phenoxy) is 1. The first-order valence-corrected chi connectivity index (χ1v) is 9.80. The molecular formula is C22H22ClF2N3O2. The number of hydrogen-bond acceptors (Lipinski definition) is 3. The lowest BCUT2D eigenvalue weighted by Gasteiger charge is -2.22. The van der Waals surface area contributed by atoms with Crippen molar-refractivity contribution >= 4 is 17.5 Å². The van der Waals surface area contributed by atoms with E-state index in [2.05, 4.69) is 5.10 Å². The van der Waals surface area contributed by atoms with E-state index in [0.29, 0.717) is 16.3 Å². The molecule has 1 aromatic heterocycles. The third-order valence-corrected chi connectivity index (χ3v) is 4.80. The Morgan fingerprint density at radius 1 is 1.17 bits per heavy atom. The minimum Gasteiger partial charge on any atom is -0.383 e. The van der Waals surface area contributed by atoms with Crippen LogP contribution in [0.2, 0.25) is 5.02 Å². The molecule has 0 saturated heterocycles. The summed E-state index contributed by atoms with van der Waals surface area (Å²) in [6.45, 7) is -0.347. The van der Waals surface area contributed by atoms with Gasteiger partial charge in [0.2, 0.25) is 5.91 Å². The molecule has 1 heterocycles. The van der Waals surface area contributed by atoms with Gasteiger partial charge in [0.25, 0.3) is 6.43 Å². The van der Waals surface area contributed by atoms with Crippen molar-refractivity contribution in [3.8, 4) is 16.9 Å². The Kier molecular flexibility index (Phi) is 7.54. The first-order chi connectivity index (χ1) is 14.5.